The van der Waals surface area contributed by atoms with Crippen LogP contribution < -0.4 is 5.32 Å². The summed E-state index contributed by atoms with van der Waals surface area (Å²) in [6, 6.07) is 1.93. The summed E-state index contributed by atoms with van der Waals surface area (Å²) in [6.07, 6.45) is 3.66. The molecule has 0 saturated carbocycles. The summed E-state index contributed by atoms with van der Waals surface area (Å²) in [4.78, 5) is 8.13. The average molecular weight is 214 g/mol. The molecule has 14 heavy (non-hydrogen) atoms. The molecule has 4 heteroatoms. The second-order valence-electron chi connectivity index (χ2n) is 3.39. The van der Waals surface area contributed by atoms with Gasteiger partial charge in [-0.05, 0) is 26.7 Å². The molecule has 0 aliphatic carbocycles. The first kappa shape index (κ1) is 11.2. The standard InChI is InChI=1S/C10H16ClN3/c1-8(11)4-3-5-12-10-6-9(2)13-7-14-10/h6-8H,3-5H2,1-2H3,(H,12,13,14). The second kappa shape index (κ2) is 5.81. The zero-order valence-electron chi connectivity index (χ0n) is 8.63. The van der Waals surface area contributed by atoms with Crippen molar-refractivity contribution in [3.63, 3.8) is 0 Å². The van der Waals surface area contributed by atoms with Crippen molar-refractivity contribution in [3.8, 4) is 0 Å². The smallest absolute Gasteiger partial charge is 0.129 e. The van der Waals surface area contributed by atoms with Crippen molar-refractivity contribution in [3.05, 3.63) is 18.1 Å². The maximum Gasteiger partial charge on any atom is 0.129 e. The summed E-state index contributed by atoms with van der Waals surface area (Å²) in [5.41, 5.74) is 0.980. The predicted molar refractivity (Wildman–Crippen MR) is 59.8 cm³/mol. The lowest BCUT2D eigenvalue weighted by molar-refractivity contribution is 0.748. The third-order valence-electron chi connectivity index (χ3n) is 1.89. The Morgan fingerprint density at radius 3 is 2.93 bits per heavy atom. The lowest BCUT2D eigenvalue weighted by atomic mass is 10.2. The van der Waals surface area contributed by atoms with Crippen LogP contribution in [0.3, 0.4) is 0 Å². The van der Waals surface area contributed by atoms with Crippen molar-refractivity contribution in [1.82, 2.24) is 9.97 Å². The number of halogens is 1. The molecule has 1 unspecified atom stereocenters. The van der Waals surface area contributed by atoms with Gasteiger partial charge in [0.15, 0.2) is 0 Å². The molecule has 1 atom stereocenters. The van der Waals surface area contributed by atoms with E-state index in [2.05, 4.69) is 15.3 Å². The highest BCUT2D eigenvalue weighted by Crippen LogP contribution is 2.06. The molecular formula is C10H16ClN3. The number of anilines is 1. The van der Waals surface area contributed by atoms with Crippen LogP contribution >= 0.6 is 11.6 Å². The largest absolute Gasteiger partial charge is 0.370 e. The fourth-order valence-electron chi connectivity index (χ4n) is 1.15. The minimum absolute atomic E-state index is 0.254. The van der Waals surface area contributed by atoms with Crippen molar-refractivity contribution in [2.45, 2.75) is 32.1 Å². The molecule has 1 N–H and O–H groups in total. The lowest BCUT2D eigenvalue weighted by Gasteiger charge is -2.06. The molecule has 0 fully saturated rings. The van der Waals surface area contributed by atoms with Gasteiger partial charge in [-0.2, -0.15) is 0 Å². The van der Waals surface area contributed by atoms with E-state index in [9.17, 15) is 0 Å². The molecule has 1 aromatic heterocycles. The molecule has 0 saturated heterocycles. The van der Waals surface area contributed by atoms with E-state index in [4.69, 9.17) is 11.6 Å². The number of hydrogen-bond donors (Lipinski definition) is 1. The van der Waals surface area contributed by atoms with Gasteiger partial charge in [-0.25, -0.2) is 9.97 Å². The van der Waals surface area contributed by atoms with Gasteiger partial charge in [-0.15, -0.1) is 11.6 Å². The normalized spacial score (nSPS) is 12.5. The van der Waals surface area contributed by atoms with Crippen LogP contribution in [0.1, 0.15) is 25.5 Å². The molecule has 78 valence electrons. The van der Waals surface area contributed by atoms with Crippen LogP contribution in [-0.4, -0.2) is 21.9 Å². The number of hydrogen-bond acceptors (Lipinski definition) is 3. The third-order valence-corrected chi connectivity index (χ3v) is 2.11. The van der Waals surface area contributed by atoms with Crippen molar-refractivity contribution in [2.24, 2.45) is 0 Å². The van der Waals surface area contributed by atoms with Crippen LogP contribution in [0, 0.1) is 6.92 Å². The predicted octanol–water partition coefficient (Wildman–Crippen LogP) is 2.60. The fourth-order valence-corrected chi connectivity index (χ4v) is 1.31. The molecule has 0 radical (unpaired) electrons. The van der Waals surface area contributed by atoms with E-state index in [0.29, 0.717) is 0 Å². The molecule has 1 aromatic rings. The number of aryl methyl sites for hydroxylation is 1. The van der Waals surface area contributed by atoms with E-state index < -0.39 is 0 Å². The molecule has 0 bridgehead atoms. The van der Waals surface area contributed by atoms with E-state index in [1.807, 2.05) is 19.9 Å². The van der Waals surface area contributed by atoms with Crippen molar-refractivity contribution in [2.75, 3.05) is 11.9 Å². The first-order valence-electron chi connectivity index (χ1n) is 4.85. The van der Waals surface area contributed by atoms with E-state index in [1.165, 1.54) is 0 Å². The molecule has 3 nitrogen and oxygen atoms in total. The Morgan fingerprint density at radius 1 is 1.50 bits per heavy atom. The zero-order valence-corrected chi connectivity index (χ0v) is 9.38. The summed E-state index contributed by atoms with van der Waals surface area (Å²) in [5, 5.41) is 3.48. The number of nitrogens with one attached hydrogen (secondary N) is 1. The average Bonchev–Trinajstić information content (AvgIpc) is 2.12. The third kappa shape index (κ3) is 4.42. The highest BCUT2D eigenvalue weighted by atomic mass is 35.5. The van der Waals surface area contributed by atoms with Gasteiger partial charge in [-0.3, -0.25) is 0 Å². The van der Waals surface area contributed by atoms with Crippen LogP contribution in [0.15, 0.2) is 12.4 Å². The Morgan fingerprint density at radius 2 is 2.29 bits per heavy atom. The molecule has 0 amide bonds. The topological polar surface area (TPSA) is 37.8 Å². The van der Waals surface area contributed by atoms with E-state index >= 15 is 0 Å². The molecule has 1 heterocycles. The Balaban J connectivity index is 2.25. The second-order valence-corrected chi connectivity index (χ2v) is 4.14. The van der Waals surface area contributed by atoms with Gasteiger partial charge in [0, 0.05) is 23.7 Å². The summed E-state index contributed by atoms with van der Waals surface area (Å²) < 4.78 is 0. The van der Waals surface area contributed by atoms with Crippen molar-refractivity contribution >= 4 is 17.4 Å². The van der Waals surface area contributed by atoms with Crippen molar-refractivity contribution in [1.29, 1.82) is 0 Å². The highest BCUT2D eigenvalue weighted by Gasteiger charge is 1.97. The van der Waals surface area contributed by atoms with Gasteiger partial charge < -0.3 is 5.32 Å². The van der Waals surface area contributed by atoms with Crippen LogP contribution in [0.25, 0.3) is 0 Å². The summed E-state index contributed by atoms with van der Waals surface area (Å²) in [7, 11) is 0. The van der Waals surface area contributed by atoms with E-state index in [0.717, 1.165) is 30.9 Å². The monoisotopic (exact) mass is 213 g/mol. The Labute approximate surface area is 89.9 Å². The van der Waals surface area contributed by atoms with Crippen LogP contribution in [0.5, 0.6) is 0 Å². The van der Waals surface area contributed by atoms with Gasteiger partial charge in [0.2, 0.25) is 0 Å². The van der Waals surface area contributed by atoms with Crippen LogP contribution in [0.2, 0.25) is 0 Å². The number of aromatic nitrogens is 2. The maximum absolute atomic E-state index is 5.83. The molecule has 1 rings (SSSR count). The Hall–Kier alpha value is -0.830. The Bertz CT molecular complexity index is 276. The highest BCUT2D eigenvalue weighted by molar-refractivity contribution is 6.20. The SMILES string of the molecule is Cc1cc(NCCCC(C)Cl)ncn1. The minimum atomic E-state index is 0.254. The van der Waals surface area contributed by atoms with E-state index in [1.54, 1.807) is 6.33 Å². The summed E-state index contributed by atoms with van der Waals surface area (Å²) in [5.74, 6) is 0.889. The maximum atomic E-state index is 5.83. The molecule has 0 spiro atoms. The van der Waals surface area contributed by atoms with Crippen LogP contribution in [-0.2, 0) is 0 Å². The Kier molecular flexibility index (Phi) is 4.66. The summed E-state index contributed by atoms with van der Waals surface area (Å²) >= 11 is 5.83. The first-order valence-corrected chi connectivity index (χ1v) is 5.28. The minimum Gasteiger partial charge on any atom is -0.370 e. The number of alkyl halides is 1. The van der Waals surface area contributed by atoms with Gasteiger partial charge in [0.05, 0.1) is 0 Å². The van der Waals surface area contributed by atoms with Gasteiger partial charge in [0.25, 0.3) is 0 Å². The van der Waals surface area contributed by atoms with Gasteiger partial charge in [0.1, 0.15) is 12.1 Å². The fraction of sp³-hybridized carbons (Fsp3) is 0.600. The summed E-state index contributed by atoms with van der Waals surface area (Å²) in [6.45, 7) is 4.87. The van der Waals surface area contributed by atoms with Gasteiger partial charge >= 0.3 is 0 Å². The van der Waals surface area contributed by atoms with Crippen molar-refractivity contribution < 1.29 is 0 Å². The zero-order chi connectivity index (χ0) is 10.4. The lowest BCUT2D eigenvalue weighted by Crippen LogP contribution is -2.05. The van der Waals surface area contributed by atoms with Gasteiger partial charge in [-0.1, -0.05) is 0 Å². The number of nitrogens with zero attached hydrogens (tertiary/aromatic N) is 2. The first-order chi connectivity index (χ1) is 6.68. The molecule has 0 aliphatic rings. The van der Waals surface area contributed by atoms with E-state index in [-0.39, 0.29) is 5.38 Å². The molecule has 0 aliphatic heterocycles. The molecule has 0 aromatic carbocycles. The molecular weight excluding hydrogens is 198 g/mol. The number of rotatable bonds is 5. The van der Waals surface area contributed by atoms with Crippen LogP contribution in [0.4, 0.5) is 5.82 Å². The quantitative estimate of drug-likeness (QED) is 0.604.